The molecule has 2 rings (SSSR count). The van der Waals surface area contributed by atoms with Crippen molar-refractivity contribution in [3.63, 3.8) is 0 Å². The molecule has 0 fully saturated rings. The molecule has 0 bridgehead atoms. The summed E-state index contributed by atoms with van der Waals surface area (Å²) in [5, 5.41) is 0. The third-order valence-electron chi connectivity index (χ3n) is 3.12. The van der Waals surface area contributed by atoms with Crippen LogP contribution in [0.2, 0.25) is 0 Å². The van der Waals surface area contributed by atoms with E-state index in [2.05, 4.69) is 57.1 Å². The van der Waals surface area contributed by atoms with Crippen LogP contribution in [-0.4, -0.2) is 18.1 Å². The summed E-state index contributed by atoms with van der Waals surface area (Å²) in [5.41, 5.74) is 9.46. The first-order valence-corrected chi connectivity index (χ1v) is 7.49. The van der Waals surface area contributed by atoms with Gasteiger partial charge in [-0.15, -0.1) is 0 Å². The van der Waals surface area contributed by atoms with Gasteiger partial charge in [0.1, 0.15) is 0 Å². The molecule has 1 aromatic heterocycles. The SMILES string of the molecule is CC(N)Cc1ccc(N(C)Cc2cccnc2)c(Br)c1. The molecule has 1 heterocycles. The van der Waals surface area contributed by atoms with Crippen LogP contribution in [-0.2, 0) is 13.0 Å². The number of rotatable bonds is 5. The fourth-order valence-electron chi connectivity index (χ4n) is 2.21. The summed E-state index contributed by atoms with van der Waals surface area (Å²) in [5.74, 6) is 0. The van der Waals surface area contributed by atoms with Crippen LogP contribution in [0.15, 0.2) is 47.2 Å². The molecule has 0 spiro atoms. The second kappa shape index (κ2) is 6.86. The standard InChI is InChI=1S/C16H20BrN3/c1-12(18)8-13-5-6-16(15(17)9-13)20(2)11-14-4-3-7-19-10-14/h3-7,9-10,12H,8,11,18H2,1-2H3. The van der Waals surface area contributed by atoms with E-state index in [1.165, 1.54) is 16.8 Å². The molecular weight excluding hydrogens is 314 g/mol. The molecule has 3 nitrogen and oxygen atoms in total. The largest absolute Gasteiger partial charge is 0.369 e. The molecule has 106 valence electrons. The molecule has 0 amide bonds. The zero-order valence-corrected chi connectivity index (χ0v) is 13.5. The maximum Gasteiger partial charge on any atom is 0.0511 e. The van der Waals surface area contributed by atoms with Crippen LogP contribution < -0.4 is 10.6 Å². The Morgan fingerprint density at radius 2 is 2.10 bits per heavy atom. The van der Waals surface area contributed by atoms with Gasteiger partial charge in [-0.3, -0.25) is 4.98 Å². The Morgan fingerprint density at radius 3 is 2.70 bits per heavy atom. The molecule has 0 aliphatic carbocycles. The zero-order valence-electron chi connectivity index (χ0n) is 11.9. The number of nitrogens with zero attached hydrogens (tertiary/aromatic N) is 2. The summed E-state index contributed by atoms with van der Waals surface area (Å²) in [6, 6.07) is 10.7. The number of hydrogen-bond acceptors (Lipinski definition) is 3. The molecule has 2 aromatic rings. The molecule has 20 heavy (non-hydrogen) atoms. The quantitative estimate of drug-likeness (QED) is 0.912. The number of aromatic nitrogens is 1. The molecule has 1 atom stereocenters. The van der Waals surface area contributed by atoms with E-state index < -0.39 is 0 Å². The minimum absolute atomic E-state index is 0.181. The van der Waals surface area contributed by atoms with Gasteiger partial charge in [0.2, 0.25) is 0 Å². The zero-order chi connectivity index (χ0) is 14.5. The van der Waals surface area contributed by atoms with Crippen molar-refractivity contribution >= 4 is 21.6 Å². The Balaban J connectivity index is 2.12. The highest BCUT2D eigenvalue weighted by molar-refractivity contribution is 9.10. The van der Waals surface area contributed by atoms with E-state index >= 15 is 0 Å². The third kappa shape index (κ3) is 4.05. The average molecular weight is 334 g/mol. The van der Waals surface area contributed by atoms with Crippen molar-refractivity contribution in [2.45, 2.75) is 25.9 Å². The number of pyridine rings is 1. The molecule has 0 aliphatic rings. The van der Waals surface area contributed by atoms with Gasteiger partial charge in [0.05, 0.1) is 5.69 Å². The summed E-state index contributed by atoms with van der Waals surface area (Å²) in [6.07, 6.45) is 4.59. The maximum absolute atomic E-state index is 5.84. The van der Waals surface area contributed by atoms with Crippen LogP contribution in [0.1, 0.15) is 18.1 Å². The highest BCUT2D eigenvalue weighted by atomic mass is 79.9. The van der Waals surface area contributed by atoms with Crippen LogP contribution >= 0.6 is 15.9 Å². The predicted octanol–water partition coefficient (Wildman–Crippen LogP) is 3.37. The molecule has 0 saturated heterocycles. The number of benzene rings is 1. The lowest BCUT2D eigenvalue weighted by Crippen LogP contribution is -2.19. The third-order valence-corrected chi connectivity index (χ3v) is 3.76. The minimum atomic E-state index is 0.181. The fraction of sp³-hybridized carbons (Fsp3) is 0.312. The van der Waals surface area contributed by atoms with Gasteiger partial charge in [-0.2, -0.15) is 0 Å². The average Bonchev–Trinajstić information content (AvgIpc) is 2.39. The topological polar surface area (TPSA) is 42.1 Å². The highest BCUT2D eigenvalue weighted by Gasteiger charge is 2.08. The first kappa shape index (κ1) is 15.0. The van der Waals surface area contributed by atoms with Crippen LogP contribution in [0.3, 0.4) is 0 Å². The van der Waals surface area contributed by atoms with Crippen LogP contribution in [0.4, 0.5) is 5.69 Å². The molecule has 1 aromatic carbocycles. The van der Waals surface area contributed by atoms with Crippen LogP contribution in [0.25, 0.3) is 0 Å². The summed E-state index contributed by atoms with van der Waals surface area (Å²) in [7, 11) is 2.08. The summed E-state index contributed by atoms with van der Waals surface area (Å²) in [4.78, 5) is 6.35. The van der Waals surface area contributed by atoms with E-state index in [4.69, 9.17) is 5.73 Å². The van der Waals surface area contributed by atoms with Gasteiger partial charge in [0, 0.05) is 36.5 Å². The Kier molecular flexibility index (Phi) is 5.15. The number of anilines is 1. The fourth-order valence-corrected chi connectivity index (χ4v) is 2.94. The maximum atomic E-state index is 5.84. The van der Waals surface area contributed by atoms with Gasteiger partial charge in [0.15, 0.2) is 0 Å². The second-order valence-electron chi connectivity index (χ2n) is 5.18. The Hall–Kier alpha value is -1.39. The molecule has 0 radical (unpaired) electrons. The normalized spacial score (nSPS) is 12.2. The van der Waals surface area contributed by atoms with Crippen molar-refractivity contribution in [1.82, 2.24) is 4.98 Å². The van der Waals surface area contributed by atoms with Gasteiger partial charge >= 0.3 is 0 Å². The lowest BCUT2D eigenvalue weighted by Gasteiger charge is -2.21. The number of hydrogen-bond donors (Lipinski definition) is 1. The lowest BCUT2D eigenvalue weighted by atomic mass is 10.1. The second-order valence-corrected chi connectivity index (χ2v) is 6.04. The Bertz CT molecular complexity index is 555. The first-order valence-electron chi connectivity index (χ1n) is 6.70. The van der Waals surface area contributed by atoms with E-state index in [-0.39, 0.29) is 6.04 Å². The van der Waals surface area contributed by atoms with E-state index in [1.54, 1.807) is 6.20 Å². The smallest absolute Gasteiger partial charge is 0.0511 e. The van der Waals surface area contributed by atoms with Gasteiger partial charge in [0.25, 0.3) is 0 Å². The van der Waals surface area contributed by atoms with Crippen LogP contribution in [0, 0.1) is 0 Å². The molecular formula is C16H20BrN3. The highest BCUT2D eigenvalue weighted by Crippen LogP contribution is 2.28. The van der Waals surface area contributed by atoms with Crippen molar-refractivity contribution in [3.05, 3.63) is 58.3 Å². The minimum Gasteiger partial charge on any atom is -0.369 e. The van der Waals surface area contributed by atoms with E-state index in [0.717, 1.165) is 17.4 Å². The molecule has 0 aliphatic heterocycles. The van der Waals surface area contributed by atoms with Crippen molar-refractivity contribution < 1.29 is 0 Å². The van der Waals surface area contributed by atoms with Gasteiger partial charge < -0.3 is 10.6 Å². The molecule has 0 saturated carbocycles. The van der Waals surface area contributed by atoms with Crippen molar-refractivity contribution in [2.75, 3.05) is 11.9 Å². The van der Waals surface area contributed by atoms with E-state index in [9.17, 15) is 0 Å². The summed E-state index contributed by atoms with van der Waals surface area (Å²) < 4.78 is 1.10. The van der Waals surface area contributed by atoms with Gasteiger partial charge in [-0.05, 0) is 58.6 Å². The van der Waals surface area contributed by atoms with Crippen molar-refractivity contribution in [1.29, 1.82) is 0 Å². The van der Waals surface area contributed by atoms with E-state index in [1.807, 2.05) is 19.2 Å². The molecule has 1 unspecified atom stereocenters. The van der Waals surface area contributed by atoms with Gasteiger partial charge in [-0.1, -0.05) is 12.1 Å². The Morgan fingerprint density at radius 1 is 1.30 bits per heavy atom. The monoisotopic (exact) mass is 333 g/mol. The van der Waals surface area contributed by atoms with Gasteiger partial charge in [-0.25, -0.2) is 0 Å². The first-order chi connectivity index (χ1) is 9.56. The molecule has 4 heteroatoms. The van der Waals surface area contributed by atoms with Crippen molar-refractivity contribution in [3.8, 4) is 0 Å². The number of halogens is 1. The predicted molar refractivity (Wildman–Crippen MR) is 87.8 cm³/mol. The molecule has 2 N–H and O–H groups in total. The summed E-state index contributed by atoms with van der Waals surface area (Å²) >= 11 is 3.65. The van der Waals surface area contributed by atoms with Crippen LogP contribution in [0.5, 0.6) is 0 Å². The Labute approximate surface area is 129 Å². The summed E-state index contributed by atoms with van der Waals surface area (Å²) in [6.45, 7) is 2.86. The lowest BCUT2D eigenvalue weighted by molar-refractivity contribution is 0.737. The number of nitrogens with two attached hydrogens (primary N) is 1. The van der Waals surface area contributed by atoms with E-state index in [0.29, 0.717) is 0 Å². The van der Waals surface area contributed by atoms with Crippen molar-refractivity contribution in [2.24, 2.45) is 5.73 Å².